The lowest BCUT2D eigenvalue weighted by atomic mass is 10.2. The van der Waals surface area contributed by atoms with Crippen LogP contribution in [0.2, 0.25) is 5.15 Å². The lowest BCUT2D eigenvalue weighted by Crippen LogP contribution is -2.10. The zero-order valence-electron chi connectivity index (χ0n) is 6.69. The normalized spacial score (nSPS) is 8.93. The maximum Gasteiger partial charge on any atom is 0.355 e. The van der Waals surface area contributed by atoms with Gasteiger partial charge in [0.2, 0.25) is 0 Å². The molecule has 0 fully saturated rings. The Morgan fingerprint density at radius 1 is 1.21 bits per heavy atom. The summed E-state index contributed by atoms with van der Waals surface area (Å²) in [6.45, 7) is 0. The van der Waals surface area contributed by atoms with E-state index < -0.39 is 17.6 Å². The molecule has 0 spiro atoms. The highest BCUT2D eigenvalue weighted by Crippen LogP contribution is 2.11. The standard InChI is InChI=1S/C7H4ClNO4.H2O/c8-4-2-1-3(6(10)11)5(9-4)7(12)13;/h1-2H,(H,10,11)(H,12,13);1H2. The van der Waals surface area contributed by atoms with Crippen molar-refractivity contribution in [2.45, 2.75) is 0 Å². The van der Waals surface area contributed by atoms with Gasteiger partial charge < -0.3 is 15.7 Å². The fourth-order valence-electron chi connectivity index (χ4n) is 0.771. The first-order chi connectivity index (χ1) is 6.02. The van der Waals surface area contributed by atoms with Crippen LogP contribution >= 0.6 is 11.6 Å². The van der Waals surface area contributed by atoms with E-state index >= 15 is 0 Å². The summed E-state index contributed by atoms with van der Waals surface area (Å²) in [4.78, 5) is 24.4. The fraction of sp³-hybridized carbons (Fsp3) is 0. The Bertz CT molecular complexity index is 378. The SMILES string of the molecule is O.O=C(O)c1ccc(Cl)nc1C(=O)O. The van der Waals surface area contributed by atoms with Gasteiger partial charge in [0.05, 0.1) is 5.56 Å². The molecule has 0 aliphatic carbocycles. The number of hydrogen-bond acceptors (Lipinski definition) is 3. The van der Waals surface area contributed by atoms with Crippen molar-refractivity contribution in [3.8, 4) is 0 Å². The van der Waals surface area contributed by atoms with Gasteiger partial charge in [0.15, 0.2) is 5.69 Å². The predicted molar refractivity (Wildman–Crippen MR) is 46.8 cm³/mol. The number of aromatic carboxylic acids is 2. The molecule has 1 aromatic heterocycles. The average Bonchev–Trinajstić information content (AvgIpc) is 2.03. The Morgan fingerprint density at radius 3 is 2.21 bits per heavy atom. The van der Waals surface area contributed by atoms with Crippen molar-refractivity contribution in [1.82, 2.24) is 4.98 Å². The highest BCUT2D eigenvalue weighted by molar-refractivity contribution is 6.29. The van der Waals surface area contributed by atoms with E-state index in [0.29, 0.717) is 0 Å². The zero-order chi connectivity index (χ0) is 10.0. The third kappa shape index (κ3) is 2.41. The number of carboxylic acid groups (broad SMARTS) is 2. The first-order valence-electron chi connectivity index (χ1n) is 3.15. The Morgan fingerprint density at radius 2 is 1.79 bits per heavy atom. The number of carboxylic acids is 2. The van der Waals surface area contributed by atoms with Crippen LogP contribution in [0.25, 0.3) is 0 Å². The van der Waals surface area contributed by atoms with Gasteiger partial charge in [-0.25, -0.2) is 14.6 Å². The van der Waals surface area contributed by atoms with Crippen LogP contribution in [-0.4, -0.2) is 32.6 Å². The molecule has 0 saturated carbocycles. The molecule has 7 heteroatoms. The summed E-state index contributed by atoms with van der Waals surface area (Å²) in [7, 11) is 0. The summed E-state index contributed by atoms with van der Waals surface area (Å²) in [6, 6.07) is 2.32. The molecule has 0 aromatic carbocycles. The van der Waals surface area contributed by atoms with Gasteiger partial charge in [-0.3, -0.25) is 0 Å². The van der Waals surface area contributed by atoms with Crippen LogP contribution in [0.15, 0.2) is 12.1 Å². The van der Waals surface area contributed by atoms with Crippen LogP contribution in [0.1, 0.15) is 20.8 Å². The molecule has 0 bridgehead atoms. The second-order valence-electron chi connectivity index (χ2n) is 2.14. The van der Waals surface area contributed by atoms with Crippen molar-refractivity contribution in [3.05, 3.63) is 28.5 Å². The van der Waals surface area contributed by atoms with Gasteiger partial charge in [0.25, 0.3) is 0 Å². The predicted octanol–water partition coefficient (Wildman–Crippen LogP) is 0.307. The smallest absolute Gasteiger partial charge is 0.355 e. The first kappa shape index (κ1) is 12.3. The monoisotopic (exact) mass is 219 g/mol. The van der Waals surface area contributed by atoms with Crippen LogP contribution in [0, 0.1) is 0 Å². The maximum absolute atomic E-state index is 10.5. The van der Waals surface area contributed by atoms with Crippen LogP contribution in [0.4, 0.5) is 0 Å². The maximum atomic E-state index is 10.5. The van der Waals surface area contributed by atoms with E-state index in [1.165, 1.54) is 6.07 Å². The van der Waals surface area contributed by atoms with E-state index in [2.05, 4.69) is 4.98 Å². The molecular formula is C7H6ClNO5. The minimum absolute atomic E-state index is 0. The van der Waals surface area contributed by atoms with E-state index in [4.69, 9.17) is 21.8 Å². The van der Waals surface area contributed by atoms with E-state index in [1.807, 2.05) is 0 Å². The van der Waals surface area contributed by atoms with Gasteiger partial charge >= 0.3 is 11.9 Å². The first-order valence-corrected chi connectivity index (χ1v) is 3.53. The molecule has 0 saturated heterocycles. The molecule has 0 atom stereocenters. The number of nitrogens with zero attached hydrogens (tertiary/aromatic N) is 1. The molecule has 14 heavy (non-hydrogen) atoms. The molecule has 0 amide bonds. The van der Waals surface area contributed by atoms with Gasteiger partial charge in [0.1, 0.15) is 5.15 Å². The Balaban J connectivity index is 0.00000169. The molecule has 0 aliphatic heterocycles. The molecule has 0 radical (unpaired) electrons. The summed E-state index contributed by atoms with van der Waals surface area (Å²) >= 11 is 5.40. The topological polar surface area (TPSA) is 119 Å². The van der Waals surface area contributed by atoms with Crippen molar-refractivity contribution in [2.24, 2.45) is 0 Å². The van der Waals surface area contributed by atoms with Crippen molar-refractivity contribution >= 4 is 23.5 Å². The van der Waals surface area contributed by atoms with Gasteiger partial charge in [-0.2, -0.15) is 0 Å². The lowest BCUT2D eigenvalue weighted by molar-refractivity contribution is 0.0646. The van der Waals surface area contributed by atoms with Crippen molar-refractivity contribution in [1.29, 1.82) is 0 Å². The summed E-state index contributed by atoms with van der Waals surface area (Å²) in [5.41, 5.74) is -0.933. The number of aromatic nitrogens is 1. The van der Waals surface area contributed by atoms with Crippen LogP contribution in [-0.2, 0) is 0 Å². The zero-order valence-corrected chi connectivity index (χ0v) is 7.45. The molecule has 1 aromatic rings. The molecule has 4 N–H and O–H groups in total. The Labute approximate surface area is 83.1 Å². The number of hydrogen-bond donors (Lipinski definition) is 2. The van der Waals surface area contributed by atoms with Gasteiger partial charge in [0, 0.05) is 0 Å². The lowest BCUT2D eigenvalue weighted by Gasteiger charge is -1.99. The minimum Gasteiger partial charge on any atom is -0.478 e. The van der Waals surface area contributed by atoms with Gasteiger partial charge in [-0.15, -0.1) is 0 Å². The van der Waals surface area contributed by atoms with Crippen molar-refractivity contribution < 1.29 is 25.3 Å². The Hall–Kier alpha value is -1.66. The third-order valence-electron chi connectivity index (χ3n) is 1.29. The molecular weight excluding hydrogens is 214 g/mol. The van der Waals surface area contributed by atoms with E-state index in [1.54, 1.807) is 0 Å². The Kier molecular flexibility index (Phi) is 4.00. The van der Waals surface area contributed by atoms with Crippen LogP contribution < -0.4 is 0 Å². The average molecular weight is 220 g/mol. The molecule has 1 rings (SSSR count). The summed E-state index contributed by atoms with van der Waals surface area (Å²) in [5, 5.41) is 17.1. The molecule has 76 valence electrons. The number of halogens is 1. The summed E-state index contributed by atoms with van der Waals surface area (Å²) < 4.78 is 0. The largest absolute Gasteiger partial charge is 0.478 e. The van der Waals surface area contributed by atoms with Crippen LogP contribution in [0.3, 0.4) is 0 Å². The quantitative estimate of drug-likeness (QED) is 0.694. The molecule has 0 aliphatic rings. The van der Waals surface area contributed by atoms with Gasteiger partial charge in [-0.1, -0.05) is 11.6 Å². The number of carbonyl (C=O) groups is 2. The van der Waals surface area contributed by atoms with E-state index in [9.17, 15) is 9.59 Å². The third-order valence-corrected chi connectivity index (χ3v) is 1.50. The number of rotatable bonds is 2. The van der Waals surface area contributed by atoms with E-state index in [-0.39, 0.29) is 16.2 Å². The van der Waals surface area contributed by atoms with Crippen LogP contribution in [0.5, 0.6) is 0 Å². The number of pyridine rings is 1. The van der Waals surface area contributed by atoms with E-state index in [0.717, 1.165) is 6.07 Å². The molecule has 1 heterocycles. The summed E-state index contributed by atoms with van der Waals surface area (Å²) in [5.74, 6) is -2.76. The fourth-order valence-corrected chi connectivity index (χ4v) is 0.918. The van der Waals surface area contributed by atoms with Crippen molar-refractivity contribution in [2.75, 3.05) is 0 Å². The second kappa shape index (κ2) is 4.54. The second-order valence-corrected chi connectivity index (χ2v) is 2.53. The highest BCUT2D eigenvalue weighted by Gasteiger charge is 2.17. The molecule has 0 unspecified atom stereocenters. The van der Waals surface area contributed by atoms with Gasteiger partial charge in [-0.05, 0) is 12.1 Å². The highest BCUT2D eigenvalue weighted by atomic mass is 35.5. The van der Waals surface area contributed by atoms with Crippen molar-refractivity contribution in [3.63, 3.8) is 0 Å². The molecule has 6 nitrogen and oxygen atoms in total. The minimum atomic E-state index is -1.42. The summed E-state index contributed by atoms with van der Waals surface area (Å²) in [6.07, 6.45) is 0.